The van der Waals surface area contributed by atoms with Crippen molar-refractivity contribution < 1.29 is 0 Å². The second kappa shape index (κ2) is 6.12. The van der Waals surface area contributed by atoms with Crippen LogP contribution in [0.25, 0.3) is 5.95 Å². The molecular formula is C12H19N7. The van der Waals surface area contributed by atoms with E-state index < -0.39 is 0 Å². The van der Waals surface area contributed by atoms with E-state index in [0.29, 0.717) is 23.8 Å². The van der Waals surface area contributed by atoms with Crippen LogP contribution < -0.4 is 10.6 Å². The first-order valence-corrected chi connectivity index (χ1v) is 6.39. The maximum atomic E-state index is 4.38. The number of nitrogens with one attached hydrogen (secondary N) is 2. The van der Waals surface area contributed by atoms with Gasteiger partial charge < -0.3 is 10.6 Å². The summed E-state index contributed by atoms with van der Waals surface area (Å²) in [6.07, 6.45) is 6.26. The normalized spacial score (nSPS) is 12.2. The lowest BCUT2D eigenvalue weighted by atomic mass is 10.1. The summed E-state index contributed by atoms with van der Waals surface area (Å²) in [5.74, 6) is 2.23. The van der Waals surface area contributed by atoms with E-state index in [1.165, 1.54) is 0 Å². The largest absolute Gasteiger partial charge is 0.357 e. The summed E-state index contributed by atoms with van der Waals surface area (Å²) in [6, 6.07) is 0. The van der Waals surface area contributed by atoms with Crippen LogP contribution in [0.1, 0.15) is 20.3 Å². The molecule has 2 heterocycles. The molecule has 2 aromatic rings. The summed E-state index contributed by atoms with van der Waals surface area (Å²) in [7, 11) is 1.78. The highest BCUT2D eigenvalue weighted by Crippen LogP contribution is 2.10. The molecule has 0 aliphatic rings. The van der Waals surface area contributed by atoms with E-state index in [4.69, 9.17) is 0 Å². The Bertz CT molecular complexity index is 509. The molecule has 102 valence electrons. The molecule has 2 rings (SSSR count). The standard InChI is InChI=1S/C12H19N7/c1-4-9(2)7-15-11-16-10(13-3)17-12(18-11)19-6-5-14-8-19/h5-6,8-9H,4,7H2,1-3H3,(H2,13,15,16,17,18). The van der Waals surface area contributed by atoms with Crippen molar-refractivity contribution in [2.75, 3.05) is 24.2 Å². The van der Waals surface area contributed by atoms with Crippen molar-refractivity contribution in [3.05, 3.63) is 18.7 Å². The number of hydrogen-bond donors (Lipinski definition) is 2. The van der Waals surface area contributed by atoms with Gasteiger partial charge in [-0.3, -0.25) is 4.57 Å². The molecular weight excluding hydrogens is 242 g/mol. The first-order chi connectivity index (χ1) is 9.22. The van der Waals surface area contributed by atoms with Gasteiger partial charge in [-0.05, 0) is 5.92 Å². The predicted octanol–water partition coefficient (Wildman–Crippen LogP) is 1.56. The minimum absolute atomic E-state index is 0.533. The van der Waals surface area contributed by atoms with E-state index in [2.05, 4.69) is 44.4 Å². The summed E-state index contributed by atoms with van der Waals surface area (Å²) in [5, 5.41) is 6.17. The third-order valence-electron chi connectivity index (χ3n) is 2.89. The van der Waals surface area contributed by atoms with Crippen molar-refractivity contribution in [1.82, 2.24) is 24.5 Å². The summed E-state index contributed by atoms with van der Waals surface area (Å²) in [4.78, 5) is 17.0. The Balaban J connectivity index is 2.21. The van der Waals surface area contributed by atoms with Gasteiger partial charge in [0.1, 0.15) is 6.33 Å². The van der Waals surface area contributed by atoms with E-state index in [0.717, 1.165) is 13.0 Å². The van der Waals surface area contributed by atoms with Crippen molar-refractivity contribution in [2.45, 2.75) is 20.3 Å². The van der Waals surface area contributed by atoms with Crippen molar-refractivity contribution in [1.29, 1.82) is 0 Å². The fourth-order valence-corrected chi connectivity index (χ4v) is 1.46. The first-order valence-electron chi connectivity index (χ1n) is 6.39. The van der Waals surface area contributed by atoms with Crippen LogP contribution >= 0.6 is 0 Å². The molecule has 0 aliphatic carbocycles. The monoisotopic (exact) mass is 261 g/mol. The molecule has 0 aromatic carbocycles. The molecule has 0 radical (unpaired) electrons. The average Bonchev–Trinajstić information content (AvgIpc) is 2.98. The molecule has 19 heavy (non-hydrogen) atoms. The number of imidazole rings is 1. The molecule has 0 saturated heterocycles. The second-order valence-electron chi connectivity index (χ2n) is 4.40. The Morgan fingerprint density at radius 3 is 2.68 bits per heavy atom. The topological polar surface area (TPSA) is 80.5 Å². The van der Waals surface area contributed by atoms with Gasteiger partial charge in [-0.25, -0.2) is 4.98 Å². The van der Waals surface area contributed by atoms with Gasteiger partial charge in [0, 0.05) is 26.0 Å². The van der Waals surface area contributed by atoms with Crippen LogP contribution in [-0.4, -0.2) is 38.1 Å². The van der Waals surface area contributed by atoms with E-state index in [1.54, 1.807) is 30.3 Å². The van der Waals surface area contributed by atoms with Gasteiger partial charge in [-0.2, -0.15) is 15.0 Å². The highest BCUT2D eigenvalue weighted by Gasteiger charge is 2.07. The Morgan fingerprint density at radius 1 is 1.26 bits per heavy atom. The summed E-state index contributed by atoms with van der Waals surface area (Å²) < 4.78 is 1.75. The minimum atomic E-state index is 0.533. The summed E-state index contributed by atoms with van der Waals surface area (Å²) in [5.41, 5.74) is 0. The SMILES string of the molecule is CCC(C)CNc1nc(NC)nc(-n2ccnc2)n1. The van der Waals surface area contributed by atoms with Gasteiger partial charge in [0.15, 0.2) is 0 Å². The third kappa shape index (κ3) is 3.40. The predicted molar refractivity (Wildman–Crippen MR) is 74.4 cm³/mol. The zero-order chi connectivity index (χ0) is 13.7. The van der Waals surface area contributed by atoms with Crippen LogP contribution in [0.5, 0.6) is 0 Å². The van der Waals surface area contributed by atoms with E-state index in [9.17, 15) is 0 Å². The van der Waals surface area contributed by atoms with Crippen molar-refractivity contribution in [2.24, 2.45) is 5.92 Å². The van der Waals surface area contributed by atoms with Gasteiger partial charge >= 0.3 is 0 Å². The number of nitrogens with zero attached hydrogens (tertiary/aromatic N) is 5. The molecule has 0 aliphatic heterocycles. The van der Waals surface area contributed by atoms with Crippen LogP contribution in [0.4, 0.5) is 11.9 Å². The van der Waals surface area contributed by atoms with E-state index in [1.807, 2.05) is 0 Å². The summed E-state index contributed by atoms with van der Waals surface area (Å²) >= 11 is 0. The maximum absolute atomic E-state index is 4.38. The van der Waals surface area contributed by atoms with Gasteiger partial charge in [0.05, 0.1) is 0 Å². The number of hydrogen-bond acceptors (Lipinski definition) is 6. The lowest BCUT2D eigenvalue weighted by Gasteiger charge is -2.11. The number of anilines is 2. The zero-order valence-electron chi connectivity index (χ0n) is 11.5. The Hall–Kier alpha value is -2.18. The first kappa shape index (κ1) is 13.3. The van der Waals surface area contributed by atoms with Crippen LogP contribution in [0.15, 0.2) is 18.7 Å². The third-order valence-corrected chi connectivity index (χ3v) is 2.89. The van der Waals surface area contributed by atoms with Gasteiger partial charge in [-0.15, -0.1) is 0 Å². The van der Waals surface area contributed by atoms with Gasteiger partial charge in [-0.1, -0.05) is 20.3 Å². The number of aromatic nitrogens is 5. The highest BCUT2D eigenvalue weighted by atomic mass is 15.3. The van der Waals surface area contributed by atoms with Gasteiger partial charge in [0.2, 0.25) is 17.8 Å². The van der Waals surface area contributed by atoms with Crippen LogP contribution in [0.2, 0.25) is 0 Å². The highest BCUT2D eigenvalue weighted by molar-refractivity contribution is 5.37. The lowest BCUT2D eigenvalue weighted by molar-refractivity contribution is 0.591. The average molecular weight is 261 g/mol. The molecule has 0 saturated carbocycles. The minimum Gasteiger partial charge on any atom is -0.357 e. The van der Waals surface area contributed by atoms with Crippen LogP contribution in [-0.2, 0) is 0 Å². The zero-order valence-corrected chi connectivity index (χ0v) is 11.5. The van der Waals surface area contributed by atoms with Crippen molar-refractivity contribution in [3.63, 3.8) is 0 Å². The lowest BCUT2D eigenvalue weighted by Crippen LogP contribution is -2.15. The van der Waals surface area contributed by atoms with Crippen molar-refractivity contribution in [3.8, 4) is 5.95 Å². The van der Waals surface area contributed by atoms with Crippen LogP contribution in [0, 0.1) is 5.92 Å². The molecule has 1 unspecified atom stereocenters. The van der Waals surface area contributed by atoms with Crippen LogP contribution in [0.3, 0.4) is 0 Å². The molecule has 2 aromatic heterocycles. The molecule has 7 heteroatoms. The maximum Gasteiger partial charge on any atom is 0.241 e. The fraction of sp³-hybridized carbons (Fsp3) is 0.500. The smallest absolute Gasteiger partial charge is 0.241 e. The Labute approximate surface area is 112 Å². The quantitative estimate of drug-likeness (QED) is 0.821. The Morgan fingerprint density at radius 2 is 2.05 bits per heavy atom. The second-order valence-corrected chi connectivity index (χ2v) is 4.40. The van der Waals surface area contributed by atoms with E-state index in [-0.39, 0.29) is 0 Å². The molecule has 2 N–H and O–H groups in total. The molecule has 0 spiro atoms. The van der Waals surface area contributed by atoms with Gasteiger partial charge in [0.25, 0.3) is 0 Å². The van der Waals surface area contributed by atoms with Crippen molar-refractivity contribution >= 4 is 11.9 Å². The number of rotatable bonds is 6. The Kier molecular flexibility index (Phi) is 4.27. The van der Waals surface area contributed by atoms with E-state index >= 15 is 0 Å². The summed E-state index contributed by atoms with van der Waals surface area (Å²) in [6.45, 7) is 5.19. The molecule has 0 amide bonds. The molecule has 0 fully saturated rings. The molecule has 0 bridgehead atoms. The fourth-order valence-electron chi connectivity index (χ4n) is 1.46. The molecule has 7 nitrogen and oxygen atoms in total. The molecule has 1 atom stereocenters.